The molecule has 3 rings (SSSR count). The molecule has 2 aliphatic heterocycles. The minimum atomic E-state index is -1.11. The van der Waals surface area contributed by atoms with E-state index in [4.69, 9.17) is 0 Å². The van der Waals surface area contributed by atoms with Crippen LogP contribution in [0.2, 0.25) is 0 Å². The molecule has 4 nitrogen and oxygen atoms in total. The maximum absolute atomic E-state index is 13.2. The number of fused-ring (bicyclic) bond motifs is 1. The summed E-state index contributed by atoms with van der Waals surface area (Å²) in [5.74, 6) is -3.28. The Balaban J connectivity index is 1.99. The number of imide groups is 1. The molecule has 0 bridgehead atoms. The third-order valence-corrected chi connectivity index (χ3v) is 3.59. The van der Waals surface area contributed by atoms with Gasteiger partial charge < -0.3 is 5.32 Å². The number of nitrogens with zero attached hydrogens (tertiary/aromatic N) is 1. The van der Waals surface area contributed by atoms with Crippen molar-refractivity contribution >= 4 is 11.8 Å². The fourth-order valence-corrected chi connectivity index (χ4v) is 2.64. The molecule has 2 aliphatic rings. The first kappa shape index (κ1) is 12.2. The summed E-state index contributed by atoms with van der Waals surface area (Å²) in [6, 6.07) is 1.37. The summed E-state index contributed by atoms with van der Waals surface area (Å²) in [6.45, 7) is 1.37. The molecule has 0 spiro atoms. The van der Waals surface area contributed by atoms with Gasteiger partial charge in [-0.15, -0.1) is 0 Å². The van der Waals surface area contributed by atoms with E-state index in [1.807, 2.05) is 0 Å². The number of carbonyl (C=O) groups is 2. The normalized spacial score (nSPS) is 22.8. The third-order valence-electron chi connectivity index (χ3n) is 3.59. The second kappa shape index (κ2) is 4.38. The molecular weight excluding hydrogens is 254 g/mol. The Bertz CT molecular complexity index is 527. The monoisotopic (exact) mass is 266 g/mol. The highest BCUT2D eigenvalue weighted by atomic mass is 19.2. The molecule has 2 heterocycles. The quantitative estimate of drug-likeness (QED) is 0.780. The van der Waals surface area contributed by atoms with Crippen LogP contribution in [0.25, 0.3) is 0 Å². The lowest BCUT2D eigenvalue weighted by atomic mass is 10.1. The van der Waals surface area contributed by atoms with E-state index in [2.05, 4.69) is 5.32 Å². The van der Waals surface area contributed by atoms with Crippen molar-refractivity contribution in [3.63, 3.8) is 0 Å². The van der Waals surface area contributed by atoms with Crippen molar-refractivity contribution in [3.05, 3.63) is 34.9 Å². The molecule has 1 aromatic rings. The van der Waals surface area contributed by atoms with E-state index in [9.17, 15) is 18.4 Å². The van der Waals surface area contributed by atoms with Gasteiger partial charge in [0.25, 0.3) is 11.8 Å². The van der Waals surface area contributed by atoms with Gasteiger partial charge in [0.2, 0.25) is 0 Å². The first-order chi connectivity index (χ1) is 9.09. The number of carbonyl (C=O) groups excluding carboxylic acids is 2. The SMILES string of the molecule is O=C1c2cc(F)c(F)cc2C(=O)N1C1CCCNC1. The lowest BCUT2D eigenvalue weighted by molar-refractivity contribution is 0.0560. The summed E-state index contributed by atoms with van der Waals surface area (Å²) < 4.78 is 26.3. The average molecular weight is 266 g/mol. The zero-order valence-electron chi connectivity index (χ0n) is 10.1. The molecule has 1 fully saturated rings. The van der Waals surface area contributed by atoms with Crippen molar-refractivity contribution in [1.82, 2.24) is 10.2 Å². The van der Waals surface area contributed by atoms with Gasteiger partial charge in [0.1, 0.15) is 0 Å². The maximum atomic E-state index is 13.2. The molecule has 0 saturated carbocycles. The zero-order chi connectivity index (χ0) is 13.6. The predicted octanol–water partition coefficient (Wildman–Crippen LogP) is 1.31. The van der Waals surface area contributed by atoms with Crippen molar-refractivity contribution in [2.24, 2.45) is 0 Å². The molecule has 0 aromatic heterocycles. The lowest BCUT2D eigenvalue weighted by Gasteiger charge is -2.29. The van der Waals surface area contributed by atoms with E-state index in [-0.39, 0.29) is 17.2 Å². The highest BCUT2D eigenvalue weighted by molar-refractivity contribution is 6.21. The smallest absolute Gasteiger partial charge is 0.261 e. The number of piperidine rings is 1. The van der Waals surface area contributed by atoms with Crippen LogP contribution in [0.1, 0.15) is 33.6 Å². The molecule has 100 valence electrons. The maximum Gasteiger partial charge on any atom is 0.261 e. The van der Waals surface area contributed by atoms with E-state index >= 15 is 0 Å². The molecule has 2 amide bonds. The van der Waals surface area contributed by atoms with E-state index in [1.54, 1.807) is 0 Å². The number of benzene rings is 1. The van der Waals surface area contributed by atoms with E-state index < -0.39 is 23.4 Å². The van der Waals surface area contributed by atoms with Crippen LogP contribution in [0.4, 0.5) is 8.78 Å². The van der Waals surface area contributed by atoms with Crippen molar-refractivity contribution in [1.29, 1.82) is 0 Å². The molecule has 1 aromatic carbocycles. The van der Waals surface area contributed by atoms with Gasteiger partial charge in [0, 0.05) is 6.54 Å². The summed E-state index contributed by atoms with van der Waals surface area (Å²) in [7, 11) is 0. The number of hydrogen-bond acceptors (Lipinski definition) is 3. The first-order valence-electron chi connectivity index (χ1n) is 6.17. The van der Waals surface area contributed by atoms with Crippen LogP contribution < -0.4 is 5.32 Å². The largest absolute Gasteiger partial charge is 0.315 e. The number of hydrogen-bond donors (Lipinski definition) is 1. The average Bonchev–Trinajstić information content (AvgIpc) is 2.64. The fraction of sp³-hybridized carbons (Fsp3) is 0.385. The van der Waals surface area contributed by atoms with Gasteiger partial charge in [-0.05, 0) is 31.5 Å². The van der Waals surface area contributed by atoms with Crippen molar-refractivity contribution < 1.29 is 18.4 Å². The Morgan fingerprint density at radius 1 is 1.11 bits per heavy atom. The number of nitrogens with one attached hydrogen (secondary N) is 1. The van der Waals surface area contributed by atoms with E-state index in [0.29, 0.717) is 13.0 Å². The molecule has 0 aliphatic carbocycles. The van der Waals surface area contributed by atoms with Crippen LogP contribution in [0.5, 0.6) is 0 Å². The van der Waals surface area contributed by atoms with Gasteiger partial charge in [0.15, 0.2) is 11.6 Å². The topological polar surface area (TPSA) is 49.4 Å². The standard InChI is InChI=1S/C13H12F2N2O2/c14-10-4-8-9(5-11(10)15)13(19)17(12(8)18)7-2-1-3-16-6-7/h4-5,7,16H,1-3,6H2. The number of rotatable bonds is 1. The highest BCUT2D eigenvalue weighted by Gasteiger charge is 2.41. The van der Waals surface area contributed by atoms with Gasteiger partial charge in [-0.25, -0.2) is 8.78 Å². The Kier molecular flexibility index (Phi) is 2.82. The van der Waals surface area contributed by atoms with E-state index in [0.717, 1.165) is 30.0 Å². The van der Waals surface area contributed by atoms with Crippen LogP contribution in [-0.2, 0) is 0 Å². The molecule has 6 heteroatoms. The van der Waals surface area contributed by atoms with Gasteiger partial charge in [-0.3, -0.25) is 14.5 Å². The molecule has 0 radical (unpaired) electrons. The lowest BCUT2D eigenvalue weighted by Crippen LogP contribution is -2.48. The highest BCUT2D eigenvalue weighted by Crippen LogP contribution is 2.28. The Hall–Kier alpha value is -1.82. The van der Waals surface area contributed by atoms with Crippen molar-refractivity contribution in [2.75, 3.05) is 13.1 Å². The summed E-state index contributed by atoms with van der Waals surface area (Å²) in [4.78, 5) is 25.4. The van der Waals surface area contributed by atoms with Gasteiger partial charge in [-0.1, -0.05) is 0 Å². The summed E-state index contributed by atoms with van der Waals surface area (Å²) >= 11 is 0. The first-order valence-corrected chi connectivity index (χ1v) is 6.17. The number of amides is 2. The number of halogens is 2. The molecular formula is C13H12F2N2O2. The Labute approximate surface area is 108 Å². The third kappa shape index (κ3) is 1.83. The Morgan fingerprint density at radius 3 is 2.16 bits per heavy atom. The van der Waals surface area contributed by atoms with Gasteiger partial charge in [0.05, 0.1) is 17.2 Å². The molecule has 1 saturated heterocycles. The predicted molar refractivity (Wildman–Crippen MR) is 62.7 cm³/mol. The van der Waals surface area contributed by atoms with Crippen molar-refractivity contribution in [2.45, 2.75) is 18.9 Å². The van der Waals surface area contributed by atoms with Gasteiger partial charge in [-0.2, -0.15) is 0 Å². The minimum Gasteiger partial charge on any atom is -0.315 e. The molecule has 1 unspecified atom stereocenters. The molecule has 1 atom stereocenters. The van der Waals surface area contributed by atoms with Gasteiger partial charge >= 0.3 is 0 Å². The van der Waals surface area contributed by atoms with Crippen LogP contribution >= 0.6 is 0 Å². The van der Waals surface area contributed by atoms with Crippen molar-refractivity contribution in [3.8, 4) is 0 Å². The van der Waals surface area contributed by atoms with E-state index in [1.165, 1.54) is 0 Å². The second-order valence-electron chi connectivity index (χ2n) is 4.79. The fourth-order valence-electron chi connectivity index (χ4n) is 2.64. The summed E-state index contributed by atoms with van der Waals surface area (Å²) in [5, 5.41) is 3.11. The van der Waals surface area contributed by atoms with Crippen LogP contribution in [0.3, 0.4) is 0 Å². The summed E-state index contributed by atoms with van der Waals surface area (Å²) in [6.07, 6.45) is 1.57. The second-order valence-corrected chi connectivity index (χ2v) is 4.79. The van der Waals surface area contributed by atoms with Crippen LogP contribution in [-0.4, -0.2) is 35.8 Å². The van der Waals surface area contributed by atoms with Crippen LogP contribution in [0.15, 0.2) is 12.1 Å². The Morgan fingerprint density at radius 2 is 1.68 bits per heavy atom. The molecule has 1 N–H and O–H groups in total. The summed E-state index contributed by atoms with van der Waals surface area (Å²) in [5.41, 5.74) is -0.0936. The van der Waals surface area contributed by atoms with Crippen LogP contribution in [0, 0.1) is 11.6 Å². The zero-order valence-corrected chi connectivity index (χ0v) is 10.1. The minimum absolute atomic E-state index is 0.0468. The molecule has 19 heavy (non-hydrogen) atoms.